The number of hydrogen-bond donors (Lipinski definition) is 0. The van der Waals surface area contributed by atoms with Gasteiger partial charge in [-0.3, -0.25) is 19.3 Å². The number of ether oxygens (including phenoxy) is 1. The molecule has 0 saturated carbocycles. The van der Waals surface area contributed by atoms with Crippen molar-refractivity contribution < 1.29 is 23.5 Å². The van der Waals surface area contributed by atoms with Crippen molar-refractivity contribution in [2.24, 2.45) is 0 Å². The third kappa shape index (κ3) is 5.77. The van der Waals surface area contributed by atoms with Gasteiger partial charge < -0.3 is 9.15 Å². The van der Waals surface area contributed by atoms with Crippen LogP contribution in [0.25, 0.3) is 6.08 Å². The van der Waals surface area contributed by atoms with Crippen molar-refractivity contribution in [1.29, 1.82) is 0 Å². The highest BCUT2D eigenvalue weighted by molar-refractivity contribution is 8.18. The van der Waals surface area contributed by atoms with Crippen molar-refractivity contribution in [3.05, 3.63) is 53.1 Å². The highest BCUT2D eigenvalue weighted by atomic mass is 32.2. The highest BCUT2D eigenvalue weighted by Gasteiger charge is 2.36. The quantitative estimate of drug-likeness (QED) is 0.478. The van der Waals surface area contributed by atoms with Crippen LogP contribution in [0.2, 0.25) is 0 Å². The molecular formula is C20H21NO5S2. The first-order valence-electron chi connectivity index (χ1n) is 8.80. The van der Waals surface area contributed by atoms with Gasteiger partial charge in [0.05, 0.1) is 11.5 Å². The maximum absolute atomic E-state index is 12.3. The summed E-state index contributed by atoms with van der Waals surface area (Å²) < 4.78 is 10.5. The van der Waals surface area contributed by atoms with Crippen LogP contribution in [-0.4, -0.2) is 35.2 Å². The Kier molecular flexibility index (Phi) is 8.41. The molecule has 0 unspecified atom stereocenters. The minimum atomic E-state index is -0.615. The van der Waals surface area contributed by atoms with E-state index in [2.05, 4.69) is 0 Å². The van der Waals surface area contributed by atoms with E-state index < -0.39 is 17.1 Å². The Hall–Kier alpha value is -2.45. The Labute approximate surface area is 172 Å². The number of imide groups is 1. The van der Waals surface area contributed by atoms with E-state index >= 15 is 0 Å². The van der Waals surface area contributed by atoms with E-state index in [0.717, 1.165) is 21.6 Å². The van der Waals surface area contributed by atoms with E-state index in [1.54, 1.807) is 19.1 Å². The summed E-state index contributed by atoms with van der Waals surface area (Å²) in [4.78, 5) is 37.9. The van der Waals surface area contributed by atoms with Crippen molar-refractivity contribution in [2.45, 2.75) is 30.8 Å². The molecule has 1 aromatic carbocycles. The molecule has 0 spiro atoms. The molecular weight excluding hydrogens is 398 g/mol. The number of nitrogens with zero attached hydrogens (tertiary/aromatic N) is 1. The second-order valence-electron chi connectivity index (χ2n) is 5.14. The number of benzene rings is 1. The van der Waals surface area contributed by atoms with Crippen molar-refractivity contribution in [3.8, 4) is 0 Å². The number of esters is 1. The fraction of sp³-hybridized carbons (Fsp3) is 0.250. The summed E-state index contributed by atoms with van der Waals surface area (Å²) in [6, 6.07) is 13.3. The highest BCUT2D eigenvalue weighted by Crippen LogP contribution is 2.34. The lowest BCUT2D eigenvalue weighted by Crippen LogP contribution is -2.34. The molecule has 0 radical (unpaired) electrons. The Morgan fingerprint density at radius 2 is 1.89 bits per heavy atom. The standard InChI is InChI=1S/C18H15NO5S2.C2H6/c1-2-23-15(20)11-19-17(21)14(26-18(19)22)10-12-8-9-16(24-12)25-13-6-4-3-5-7-13;1-2/h3-10H,2,11H2,1H3;1-2H3/b14-10-;. The number of thioether (sulfide) groups is 1. The van der Waals surface area contributed by atoms with E-state index in [1.165, 1.54) is 17.8 Å². The molecule has 0 aliphatic carbocycles. The van der Waals surface area contributed by atoms with Gasteiger partial charge in [-0.05, 0) is 43.0 Å². The largest absolute Gasteiger partial charge is 0.465 e. The summed E-state index contributed by atoms with van der Waals surface area (Å²) in [5.41, 5.74) is 0. The van der Waals surface area contributed by atoms with Crippen LogP contribution in [-0.2, 0) is 14.3 Å². The fourth-order valence-electron chi connectivity index (χ4n) is 2.17. The number of rotatable bonds is 6. The number of carbonyl (C=O) groups excluding carboxylic acids is 3. The molecule has 2 heterocycles. The molecule has 6 nitrogen and oxygen atoms in total. The molecule has 2 amide bonds. The molecule has 8 heteroatoms. The third-order valence-electron chi connectivity index (χ3n) is 3.30. The summed E-state index contributed by atoms with van der Waals surface area (Å²) in [6.07, 6.45) is 1.51. The maximum atomic E-state index is 12.3. The second-order valence-corrected chi connectivity index (χ2v) is 7.22. The monoisotopic (exact) mass is 419 g/mol. The van der Waals surface area contributed by atoms with Gasteiger partial charge in [-0.25, -0.2) is 0 Å². The van der Waals surface area contributed by atoms with Crippen LogP contribution in [0.3, 0.4) is 0 Å². The van der Waals surface area contributed by atoms with E-state index in [-0.39, 0.29) is 18.1 Å². The van der Waals surface area contributed by atoms with Crippen molar-refractivity contribution >= 4 is 46.7 Å². The van der Waals surface area contributed by atoms with Gasteiger partial charge in [-0.1, -0.05) is 43.8 Å². The molecule has 3 rings (SSSR count). The smallest absolute Gasteiger partial charge is 0.326 e. The SMILES string of the molecule is CC.CCOC(=O)CN1C(=O)S/C(=C\c2ccc(Sc3ccccc3)o2)C1=O. The fourth-order valence-corrected chi connectivity index (χ4v) is 3.79. The van der Waals surface area contributed by atoms with Crippen LogP contribution in [0, 0.1) is 0 Å². The molecule has 0 atom stereocenters. The Morgan fingerprint density at radius 3 is 2.57 bits per heavy atom. The Morgan fingerprint density at radius 1 is 1.18 bits per heavy atom. The topological polar surface area (TPSA) is 76.8 Å². The molecule has 148 valence electrons. The number of carbonyl (C=O) groups is 3. The van der Waals surface area contributed by atoms with Gasteiger partial charge in [0.2, 0.25) is 0 Å². The normalized spacial score (nSPS) is 14.8. The van der Waals surface area contributed by atoms with E-state index in [9.17, 15) is 14.4 Å². The summed E-state index contributed by atoms with van der Waals surface area (Å²) in [7, 11) is 0. The van der Waals surface area contributed by atoms with E-state index in [4.69, 9.17) is 9.15 Å². The Balaban J connectivity index is 0.00000136. The molecule has 0 N–H and O–H groups in total. The number of hydrogen-bond acceptors (Lipinski definition) is 7. The predicted molar refractivity (Wildman–Crippen MR) is 110 cm³/mol. The van der Waals surface area contributed by atoms with Crippen LogP contribution >= 0.6 is 23.5 Å². The van der Waals surface area contributed by atoms with Gasteiger partial charge in [0.15, 0.2) is 5.09 Å². The minimum absolute atomic E-state index is 0.194. The van der Waals surface area contributed by atoms with Gasteiger partial charge in [-0.15, -0.1) is 0 Å². The molecule has 28 heavy (non-hydrogen) atoms. The number of furan rings is 1. The molecule has 0 bridgehead atoms. The molecule has 1 aliphatic heterocycles. The maximum Gasteiger partial charge on any atom is 0.326 e. The van der Waals surface area contributed by atoms with Crippen LogP contribution in [0.15, 0.2) is 61.8 Å². The van der Waals surface area contributed by atoms with E-state index in [1.807, 2.05) is 44.2 Å². The van der Waals surface area contributed by atoms with Gasteiger partial charge in [0, 0.05) is 11.0 Å². The van der Waals surface area contributed by atoms with Gasteiger partial charge in [0.1, 0.15) is 12.3 Å². The van der Waals surface area contributed by atoms with E-state index in [0.29, 0.717) is 10.9 Å². The first-order chi connectivity index (χ1) is 13.6. The van der Waals surface area contributed by atoms with Crippen molar-refractivity contribution in [2.75, 3.05) is 13.2 Å². The summed E-state index contributed by atoms with van der Waals surface area (Å²) in [5.74, 6) is -0.678. The molecule has 1 fully saturated rings. The van der Waals surface area contributed by atoms with Crippen LogP contribution in [0.1, 0.15) is 26.5 Å². The van der Waals surface area contributed by atoms with Crippen LogP contribution in [0.5, 0.6) is 0 Å². The molecule has 2 aromatic rings. The molecule has 1 saturated heterocycles. The zero-order chi connectivity index (χ0) is 20.5. The zero-order valence-electron chi connectivity index (χ0n) is 15.8. The Bertz CT molecular complexity index is 860. The zero-order valence-corrected chi connectivity index (χ0v) is 17.5. The average molecular weight is 420 g/mol. The molecule has 1 aliphatic rings. The van der Waals surface area contributed by atoms with Gasteiger partial charge >= 0.3 is 5.97 Å². The lowest BCUT2D eigenvalue weighted by atomic mass is 10.3. The van der Waals surface area contributed by atoms with Gasteiger partial charge in [0.25, 0.3) is 11.1 Å². The predicted octanol–water partition coefficient (Wildman–Crippen LogP) is 5.06. The first-order valence-corrected chi connectivity index (χ1v) is 10.4. The summed E-state index contributed by atoms with van der Waals surface area (Å²) >= 11 is 2.23. The number of amides is 2. The first kappa shape index (κ1) is 21.8. The van der Waals surface area contributed by atoms with Crippen molar-refractivity contribution in [1.82, 2.24) is 4.90 Å². The lowest BCUT2D eigenvalue weighted by Gasteiger charge is -2.10. The van der Waals surface area contributed by atoms with Gasteiger partial charge in [-0.2, -0.15) is 0 Å². The molecule has 1 aromatic heterocycles. The van der Waals surface area contributed by atoms with Crippen molar-refractivity contribution in [3.63, 3.8) is 0 Å². The summed E-state index contributed by atoms with van der Waals surface area (Å²) in [6.45, 7) is 5.47. The minimum Gasteiger partial charge on any atom is -0.465 e. The lowest BCUT2D eigenvalue weighted by molar-refractivity contribution is -0.145. The third-order valence-corrected chi connectivity index (χ3v) is 5.14. The second kappa shape index (κ2) is 10.8. The van der Waals surface area contributed by atoms with Crippen LogP contribution in [0.4, 0.5) is 4.79 Å². The van der Waals surface area contributed by atoms with Crippen LogP contribution < -0.4 is 0 Å². The summed E-state index contributed by atoms with van der Waals surface area (Å²) in [5, 5.41) is 0.174. The average Bonchev–Trinajstić information content (AvgIpc) is 3.24.